The second-order valence-corrected chi connectivity index (χ2v) is 6.95. The Morgan fingerprint density at radius 2 is 1.78 bits per heavy atom. The highest BCUT2D eigenvalue weighted by Gasteiger charge is 2.22. The number of anilines is 1. The topological polar surface area (TPSA) is 42.0 Å². The van der Waals surface area contributed by atoms with Crippen LogP contribution in [0.5, 0.6) is 5.75 Å². The summed E-state index contributed by atoms with van der Waals surface area (Å²) in [5, 5.41) is 0.736. The SMILES string of the molecule is Cc1ccc(Cl)cc1N1CCN(C(=O)COCCOc2ccccc2)CC1. The van der Waals surface area contributed by atoms with Gasteiger partial charge in [-0.2, -0.15) is 0 Å². The van der Waals surface area contributed by atoms with Gasteiger partial charge in [-0.15, -0.1) is 0 Å². The van der Waals surface area contributed by atoms with E-state index in [1.807, 2.05) is 53.4 Å². The summed E-state index contributed by atoms with van der Waals surface area (Å²) in [7, 11) is 0. The maximum atomic E-state index is 12.3. The minimum Gasteiger partial charge on any atom is -0.491 e. The van der Waals surface area contributed by atoms with Gasteiger partial charge in [0.2, 0.25) is 5.91 Å². The van der Waals surface area contributed by atoms with Gasteiger partial charge in [-0.3, -0.25) is 4.79 Å². The highest BCUT2D eigenvalue weighted by atomic mass is 35.5. The number of para-hydroxylation sites is 1. The smallest absolute Gasteiger partial charge is 0.248 e. The zero-order valence-corrected chi connectivity index (χ0v) is 16.3. The summed E-state index contributed by atoms with van der Waals surface area (Å²) in [5.41, 5.74) is 2.34. The first-order chi connectivity index (χ1) is 13.1. The summed E-state index contributed by atoms with van der Waals surface area (Å²) in [5.74, 6) is 0.831. The molecule has 0 bridgehead atoms. The maximum absolute atomic E-state index is 12.3. The molecule has 6 heteroatoms. The van der Waals surface area contributed by atoms with Crippen molar-refractivity contribution >= 4 is 23.2 Å². The molecule has 0 saturated carbocycles. The average molecular weight is 389 g/mol. The lowest BCUT2D eigenvalue weighted by Crippen LogP contribution is -2.50. The van der Waals surface area contributed by atoms with Crippen molar-refractivity contribution in [3.05, 3.63) is 59.1 Å². The Balaban J connectivity index is 1.36. The van der Waals surface area contributed by atoms with Crippen LogP contribution in [0.25, 0.3) is 0 Å². The number of hydrogen-bond donors (Lipinski definition) is 0. The first-order valence-corrected chi connectivity index (χ1v) is 9.56. The quantitative estimate of drug-likeness (QED) is 0.682. The van der Waals surface area contributed by atoms with E-state index in [9.17, 15) is 4.79 Å². The Morgan fingerprint density at radius 3 is 2.52 bits per heavy atom. The number of hydrogen-bond acceptors (Lipinski definition) is 4. The Kier molecular flexibility index (Phi) is 6.96. The molecular weight excluding hydrogens is 364 g/mol. The maximum Gasteiger partial charge on any atom is 0.248 e. The van der Waals surface area contributed by atoms with Crippen LogP contribution >= 0.6 is 11.6 Å². The van der Waals surface area contributed by atoms with Gasteiger partial charge in [0.15, 0.2) is 0 Å². The molecule has 0 spiro atoms. The Hall–Kier alpha value is -2.24. The standard InChI is InChI=1S/C21H25ClN2O3/c1-17-7-8-18(22)15-20(17)23-9-11-24(12-10-23)21(25)16-26-13-14-27-19-5-3-2-4-6-19/h2-8,15H,9-14,16H2,1H3. The molecule has 0 atom stereocenters. The number of piperazine rings is 1. The molecule has 1 aliphatic rings. The molecule has 144 valence electrons. The molecule has 1 heterocycles. The Bertz CT molecular complexity index is 746. The fraction of sp³-hybridized carbons (Fsp3) is 0.381. The van der Waals surface area contributed by atoms with Crippen molar-refractivity contribution in [3.8, 4) is 5.75 Å². The van der Waals surface area contributed by atoms with Crippen LogP contribution in [0.3, 0.4) is 0 Å². The predicted molar refractivity (Wildman–Crippen MR) is 108 cm³/mol. The van der Waals surface area contributed by atoms with E-state index in [0.717, 1.165) is 29.5 Å². The van der Waals surface area contributed by atoms with Crippen molar-refractivity contribution in [2.24, 2.45) is 0 Å². The van der Waals surface area contributed by atoms with Gasteiger partial charge in [-0.25, -0.2) is 0 Å². The predicted octanol–water partition coefficient (Wildman–Crippen LogP) is 3.39. The summed E-state index contributed by atoms with van der Waals surface area (Å²) in [6.45, 7) is 5.96. The highest BCUT2D eigenvalue weighted by molar-refractivity contribution is 6.30. The van der Waals surface area contributed by atoms with Gasteiger partial charge in [-0.05, 0) is 36.8 Å². The van der Waals surface area contributed by atoms with Crippen molar-refractivity contribution in [2.75, 3.05) is 50.9 Å². The van der Waals surface area contributed by atoms with Crippen molar-refractivity contribution in [3.63, 3.8) is 0 Å². The number of amides is 1. The van der Waals surface area contributed by atoms with Gasteiger partial charge < -0.3 is 19.3 Å². The molecule has 0 aliphatic carbocycles. The van der Waals surface area contributed by atoms with Crippen LogP contribution in [0.2, 0.25) is 5.02 Å². The van der Waals surface area contributed by atoms with E-state index >= 15 is 0 Å². The van der Waals surface area contributed by atoms with E-state index in [4.69, 9.17) is 21.1 Å². The third-order valence-corrected chi connectivity index (χ3v) is 4.84. The third kappa shape index (κ3) is 5.62. The van der Waals surface area contributed by atoms with E-state index in [-0.39, 0.29) is 12.5 Å². The molecule has 1 fully saturated rings. The molecule has 1 amide bonds. The van der Waals surface area contributed by atoms with E-state index in [2.05, 4.69) is 11.8 Å². The van der Waals surface area contributed by atoms with E-state index in [1.54, 1.807) is 0 Å². The lowest BCUT2D eigenvalue weighted by atomic mass is 10.1. The van der Waals surface area contributed by atoms with Crippen LogP contribution in [-0.4, -0.2) is 56.8 Å². The second kappa shape index (κ2) is 9.62. The van der Waals surface area contributed by atoms with Gasteiger partial charge in [0, 0.05) is 36.9 Å². The van der Waals surface area contributed by atoms with Crippen molar-refractivity contribution in [1.29, 1.82) is 0 Å². The van der Waals surface area contributed by atoms with Crippen LogP contribution < -0.4 is 9.64 Å². The lowest BCUT2D eigenvalue weighted by Gasteiger charge is -2.36. The van der Waals surface area contributed by atoms with E-state index in [0.29, 0.717) is 26.3 Å². The minimum absolute atomic E-state index is 0.0252. The zero-order chi connectivity index (χ0) is 19.1. The number of benzene rings is 2. The molecule has 1 aliphatic heterocycles. The van der Waals surface area contributed by atoms with Gasteiger partial charge in [0.25, 0.3) is 0 Å². The number of halogens is 1. The molecule has 1 saturated heterocycles. The van der Waals surface area contributed by atoms with Crippen molar-refractivity contribution in [1.82, 2.24) is 4.90 Å². The monoisotopic (exact) mass is 388 g/mol. The molecule has 0 radical (unpaired) electrons. The van der Waals surface area contributed by atoms with Crippen LogP contribution in [0.4, 0.5) is 5.69 Å². The van der Waals surface area contributed by atoms with Crippen LogP contribution in [-0.2, 0) is 9.53 Å². The summed E-state index contributed by atoms with van der Waals surface area (Å²) in [4.78, 5) is 16.4. The summed E-state index contributed by atoms with van der Waals surface area (Å²) < 4.78 is 11.0. The number of carbonyl (C=O) groups excluding carboxylic acids is 1. The van der Waals surface area contributed by atoms with Gasteiger partial charge in [0.1, 0.15) is 19.0 Å². The van der Waals surface area contributed by atoms with Crippen molar-refractivity contribution < 1.29 is 14.3 Å². The number of rotatable bonds is 7. The Labute approximate surface area is 165 Å². The zero-order valence-electron chi connectivity index (χ0n) is 15.6. The highest BCUT2D eigenvalue weighted by Crippen LogP contribution is 2.25. The molecule has 5 nitrogen and oxygen atoms in total. The molecule has 0 unspecified atom stereocenters. The van der Waals surface area contributed by atoms with Gasteiger partial charge in [-0.1, -0.05) is 35.9 Å². The van der Waals surface area contributed by atoms with E-state index in [1.165, 1.54) is 5.56 Å². The van der Waals surface area contributed by atoms with Crippen molar-refractivity contribution in [2.45, 2.75) is 6.92 Å². The molecule has 3 rings (SSSR count). The fourth-order valence-corrected chi connectivity index (χ4v) is 3.27. The third-order valence-electron chi connectivity index (χ3n) is 4.61. The summed E-state index contributed by atoms with van der Waals surface area (Å²) >= 11 is 6.12. The van der Waals surface area contributed by atoms with Crippen LogP contribution in [0.1, 0.15) is 5.56 Å². The lowest BCUT2D eigenvalue weighted by molar-refractivity contribution is -0.136. The summed E-state index contributed by atoms with van der Waals surface area (Å²) in [6, 6.07) is 15.5. The fourth-order valence-electron chi connectivity index (χ4n) is 3.11. The first kappa shape index (κ1) is 19.5. The number of ether oxygens (including phenoxy) is 2. The minimum atomic E-state index is 0.0252. The van der Waals surface area contributed by atoms with Crippen LogP contribution in [0, 0.1) is 6.92 Å². The van der Waals surface area contributed by atoms with Crippen LogP contribution in [0.15, 0.2) is 48.5 Å². The largest absolute Gasteiger partial charge is 0.491 e. The molecule has 27 heavy (non-hydrogen) atoms. The number of aryl methyl sites for hydroxylation is 1. The van der Waals surface area contributed by atoms with Gasteiger partial charge >= 0.3 is 0 Å². The normalized spacial score (nSPS) is 14.3. The molecule has 2 aromatic rings. The molecule has 2 aromatic carbocycles. The Morgan fingerprint density at radius 1 is 1.04 bits per heavy atom. The second-order valence-electron chi connectivity index (χ2n) is 6.51. The summed E-state index contributed by atoms with van der Waals surface area (Å²) in [6.07, 6.45) is 0. The molecule has 0 N–H and O–H groups in total. The number of carbonyl (C=O) groups is 1. The molecule has 0 aromatic heterocycles. The number of nitrogens with zero attached hydrogens (tertiary/aromatic N) is 2. The van der Waals surface area contributed by atoms with Gasteiger partial charge in [0.05, 0.1) is 6.61 Å². The molecular formula is C21H25ClN2O3. The first-order valence-electron chi connectivity index (χ1n) is 9.18. The van der Waals surface area contributed by atoms with E-state index < -0.39 is 0 Å². The average Bonchev–Trinajstić information content (AvgIpc) is 2.70.